The zero-order valence-corrected chi connectivity index (χ0v) is 14.7. The first-order valence-electron chi connectivity index (χ1n) is 8.63. The molecule has 0 bridgehead atoms. The van der Waals surface area contributed by atoms with Crippen LogP contribution < -0.4 is 16.4 Å². The fourth-order valence-corrected chi connectivity index (χ4v) is 3.14. The highest BCUT2D eigenvalue weighted by Gasteiger charge is 2.36. The van der Waals surface area contributed by atoms with Crippen LogP contribution in [0.3, 0.4) is 0 Å². The molecule has 0 radical (unpaired) electrons. The maximum Gasteiger partial charge on any atom is 0.316 e. The van der Waals surface area contributed by atoms with Gasteiger partial charge in [-0.1, -0.05) is 25.5 Å². The molecule has 4 amide bonds. The second-order valence-electron chi connectivity index (χ2n) is 6.49. The van der Waals surface area contributed by atoms with E-state index in [2.05, 4.69) is 17.6 Å². The van der Waals surface area contributed by atoms with E-state index in [1.54, 1.807) is 18.2 Å². The van der Waals surface area contributed by atoms with Crippen molar-refractivity contribution in [2.45, 2.75) is 45.7 Å². The van der Waals surface area contributed by atoms with Gasteiger partial charge >= 0.3 is 6.03 Å². The lowest BCUT2D eigenvalue weighted by atomic mass is 10.1. The van der Waals surface area contributed by atoms with Gasteiger partial charge < -0.3 is 21.3 Å². The SMILES string of the molecule is CCC[C@H](C)N1C[C@H](C(=O)NCc2cccc(NC(N)=O)c2)CC1=O. The van der Waals surface area contributed by atoms with Crippen LogP contribution >= 0.6 is 0 Å². The Hall–Kier alpha value is -2.57. The number of rotatable bonds is 7. The minimum Gasteiger partial charge on any atom is -0.352 e. The Bertz CT molecular complexity index is 647. The minimum atomic E-state index is -0.632. The largest absolute Gasteiger partial charge is 0.352 e. The van der Waals surface area contributed by atoms with Gasteiger partial charge in [0.1, 0.15) is 0 Å². The van der Waals surface area contributed by atoms with E-state index in [-0.39, 0.29) is 30.2 Å². The third-order valence-electron chi connectivity index (χ3n) is 4.43. The average Bonchev–Trinajstić information content (AvgIpc) is 2.94. The minimum absolute atomic E-state index is 0.0498. The molecular weight excluding hydrogens is 320 g/mol. The number of amides is 4. The zero-order chi connectivity index (χ0) is 18.4. The van der Waals surface area contributed by atoms with E-state index in [1.807, 2.05) is 17.9 Å². The molecule has 1 aliphatic heterocycles. The summed E-state index contributed by atoms with van der Waals surface area (Å²) in [5, 5.41) is 5.37. The molecule has 1 fully saturated rings. The molecule has 4 N–H and O–H groups in total. The highest BCUT2D eigenvalue weighted by molar-refractivity contribution is 5.89. The van der Waals surface area contributed by atoms with Crippen molar-refractivity contribution in [2.24, 2.45) is 11.7 Å². The topological polar surface area (TPSA) is 105 Å². The summed E-state index contributed by atoms with van der Waals surface area (Å²) < 4.78 is 0. The van der Waals surface area contributed by atoms with Gasteiger partial charge in [0, 0.05) is 31.2 Å². The lowest BCUT2D eigenvalue weighted by Crippen LogP contribution is -2.36. The van der Waals surface area contributed by atoms with Gasteiger partial charge in [0.25, 0.3) is 0 Å². The van der Waals surface area contributed by atoms with E-state index in [4.69, 9.17) is 5.73 Å². The summed E-state index contributed by atoms with van der Waals surface area (Å²) >= 11 is 0. The van der Waals surface area contributed by atoms with Crippen LogP contribution in [0.1, 0.15) is 38.7 Å². The molecule has 1 aliphatic rings. The summed E-state index contributed by atoms with van der Waals surface area (Å²) in [6, 6.07) is 6.64. The van der Waals surface area contributed by atoms with Gasteiger partial charge in [-0.05, 0) is 31.0 Å². The Morgan fingerprint density at radius 3 is 2.84 bits per heavy atom. The second-order valence-corrected chi connectivity index (χ2v) is 6.49. The Balaban J connectivity index is 1.88. The van der Waals surface area contributed by atoms with Crippen LogP contribution in [0.5, 0.6) is 0 Å². The van der Waals surface area contributed by atoms with Gasteiger partial charge in [-0.2, -0.15) is 0 Å². The third kappa shape index (κ3) is 5.20. The van der Waals surface area contributed by atoms with E-state index < -0.39 is 6.03 Å². The van der Waals surface area contributed by atoms with Crippen LogP contribution in [0.4, 0.5) is 10.5 Å². The highest BCUT2D eigenvalue weighted by Crippen LogP contribution is 2.22. The predicted octanol–water partition coefficient (Wildman–Crippen LogP) is 1.83. The Morgan fingerprint density at radius 2 is 2.16 bits per heavy atom. The van der Waals surface area contributed by atoms with Crippen LogP contribution in [-0.4, -0.2) is 35.3 Å². The number of benzene rings is 1. The van der Waals surface area contributed by atoms with Crippen molar-refractivity contribution in [3.63, 3.8) is 0 Å². The molecule has 1 saturated heterocycles. The molecule has 0 unspecified atom stereocenters. The van der Waals surface area contributed by atoms with Crippen molar-refractivity contribution < 1.29 is 14.4 Å². The Morgan fingerprint density at radius 1 is 1.40 bits per heavy atom. The fraction of sp³-hybridized carbons (Fsp3) is 0.500. The van der Waals surface area contributed by atoms with E-state index in [0.717, 1.165) is 18.4 Å². The van der Waals surface area contributed by atoms with Crippen molar-refractivity contribution in [1.29, 1.82) is 0 Å². The molecule has 0 spiro atoms. The number of anilines is 1. The van der Waals surface area contributed by atoms with E-state index in [9.17, 15) is 14.4 Å². The summed E-state index contributed by atoms with van der Waals surface area (Å²) in [7, 11) is 0. The van der Waals surface area contributed by atoms with Crippen LogP contribution in [0.15, 0.2) is 24.3 Å². The number of hydrogen-bond acceptors (Lipinski definition) is 3. The monoisotopic (exact) mass is 346 g/mol. The van der Waals surface area contributed by atoms with Gasteiger partial charge in [-0.15, -0.1) is 0 Å². The molecular formula is C18H26N4O3. The molecule has 7 nitrogen and oxygen atoms in total. The van der Waals surface area contributed by atoms with Gasteiger partial charge in [-0.25, -0.2) is 4.79 Å². The van der Waals surface area contributed by atoms with Gasteiger partial charge in [-0.3, -0.25) is 9.59 Å². The standard InChI is InChI=1S/C18H26N4O3/c1-3-5-12(2)22-11-14(9-16(22)23)17(24)20-10-13-6-4-7-15(8-13)21-18(19)25/h4,6-8,12,14H,3,5,9-11H2,1-2H3,(H,20,24)(H3,19,21,25)/t12-,14+/m0/s1. The van der Waals surface area contributed by atoms with Crippen LogP contribution in [0.25, 0.3) is 0 Å². The maximum atomic E-state index is 12.4. The summed E-state index contributed by atoms with van der Waals surface area (Å²) in [5.41, 5.74) is 6.52. The van der Waals surface area contributed by atoms with E-state index in [1.165, 1.54) is 0 Å². The maximum absolute atomic E-state index is 12.4. The first-order valence-corrected chi connectivity index (χ1v) is 8.63. The molecule has 136 valence electrons. The Kier molecular flexibility index (Phi) is 6.38. The summed E-state index contributed by atoms with van der Waals surface area (Å²) in [4.78, 5) is 37.2. The molecule has 25 heavy (non-hydrogen) atoms. The van der Waals surface area contributed by atoms with Crippen LogP contribution in [-0.2, 0) is 16.1 Å². The number of nitrogens with two attached hydrogens (primary N) is 1. The number of nitrogens with one attached hydrogen (secondary N) is 2. The predicted molar refractivity (Wildman–Crippen MR) is 95.7 cm³/mol. The summed E-state index contributed by atoms with van der Waals surface area (Å²) in [5.74, 6) is -0.375. The highest BCUT2D eigenvalue weighted by atomic mass is 16.2. The number of nitrogens with zero attached hydrogens (tertiary/aromatic N) is 1. The van der Waals surface area contributed by atoms with E-state index in [0.29, 0.717) is 18.8 Å². The summed E-state index contributed by atoms with van der Waals surface area (Å²) in [6.45, 7) is 4.93. The quantitative estimate of drug-likeness (QED) is 0.701. The molecule has 0 aliphatic carbocycles. The number of carbonyl (C=O) groups excluding carboxylic acids is 3. The molecule has 2 rings (SSSR count). The number of urea groups is 1. The van der Waals surface area contributed by atoms with Crippen molar-refractivity contribution >= 4 is 23.5 Å². The van der Waals surface area contributed by atoms with Gasteiger partial charge in [0.15, 0.2) is 0 Å². The van der Waals surface area contributed by atoms with Crippen LogP contribution in [0, 0.1) is 5.92 Å². The number of carbonyl (C=O) groups is 3. The lowest BCUT2D eigenvalue weighted by Gasteiger charge is -2.24. The third-order valence-corrected chi connectivity index (χ3v) is 4.43. The van der Waals surface area contributed by atoms with Crippen LogP contribution in [0.2, 0.25) is 0 Å². The van der Waals surface area contributed by atoms with Crippen molar-refractivity contribution in [2.75, 3.05) is 11.9 Å². The molecule has 1 aromatic carbocycles. The second kappa shape index (κ2) is 8.50. The van der Waals surface area contributed by atoms with E-state index >= 15 is 0 Å². The average molecular weight is 346 g/mol. The molecule has 2 atom stereocenters. The summed E-state index contributed by atoms with van der Waals surface area (Å²) in [6.07, 6.45) is 2.22. The lowest BCUT2D eigenvalue weighted by molar-refractivity contribution is -0.130. The van der Waals surface area contributed by atoms with Crippen molar-refractivity contribution in [3.05, 3.63) is 29.8 Å². The molecule has 0 aromatic heterocycles. The molecule has 0 saturated carbocycles. The smallest absolute Gasteiger partial charge is 0.316 e. The number of primary amides is 1. The number of hydrogen-bond donors (Lipinski definition) is 3. The molecule has 1 heterocycles. The zero-order valence-electron chi connectivity index (χ0n) is 14.7. The van der Waals surface area contributed by atoms with Crippen molar-refractivity contribution in [3.8, 4) is 0 Å². The molecule has 1 aromatic rings. The van der Waals surface area contributed by atoms with Crippen molar-refractivity contribution in [1.82, 2.24) is 10.2 Å². The first-order chi connectivity index (χ1) is 11.9. The first kappa shape index (κ1) is 18.8. The normalized spacial score (nSPS) is 18.1. The fourth-order valence-electron chi connectivity index (χ4n) is 3.14. The number of likely N-dealkylation sites (tertiary alicyclic amines) is 1. The van der Waals surface area contributed by atoms with Gasteiger partial charge in [0.2, 0.25) is 11.8 Å². The molecule has 7 heteroatoms. The van der Waals surface area contributed by atoms with Gasteiger partial charge in [0.05, 0.1) is 5.92 Å². The Labute approximate surface area is 147 Å².